The van der Waals surface area contributed by atoms with Crippen LogP contribution in [0.4, 0.5) is 0 Å². The number of allylic oxidation sites excluding steroid dienone is 4. The number of ether oxygens (including phenoxy) is 1. The van der Waals surface area contributed by atoms with Crippen molar-refractivity contribution in [1.82, 2.24) is 5.32 Å². The Bertz CT molecular complexity index is 1220. The van der Waals surface area contributed by atoms with E-state index in [1.165, 1.54) is 321 Å². The molecule has 0 radical (unpaired) electrons. The third kappa shape index (κ3) is 63.5. The highest BCUT2D eigenvalue weighted by atomic mass is 16.5. The van der Waals surface area contributed by atoms with E-state index < -0.39 is 12.1 Å². The molecular weight excluding hydrogens is 959 g/mol. The van der Waals surface area contributed by atoms with Crippen molar-refractivity contribution in [2.75, 3.05) is 13.2 Å². The van der Waals surface area contributed by atoms with Crippen molar-refractivity contribution in [2.24, 2.45) is 0 Å². The second kappa shape index (κ2) is 67.8. The van der Waals surface area contributed by atoms with Crippen LogP contribution in [0.1, 0.15) is 399 Å². The molecule has 0 aromatic heterocycles. The van der Waals surface area contributed by atoms with Crippen molar-refractivity contribution < 1.29 is 24.5 Å². The first-order chi connectivity index (χ1) is 38.5. The lowest BCUT2D eigenvalue weighted by Gasteiger charge is -2.22. The number of aliphatic hydroxyl groups is 2. The van der Waals surface area contributed by atoms with Gasteiger partial charge >= 0.3 is 5.97 Å². The number of carbonyl (C=O) groups is 2. The van der Waals surface area contributed by atoms with Crippen molar-refractivity contribution >= 4 is 11.9 Å². The highest BCUT2D eigenvalue weighted by Crippen LogP contribution is 2.19. The van der Waals surface area contributed by atoms with E-state index in [1.807, 2.05) is 0 Å². The van der Waals surface area contributed by atoms with E-state index in [9.17, 15) is 19.8 Å². The Morgan fingerprint density at radius 2 is 0.603 bits per heavy atom. The molecular formula is C72H139NO5. The largest absolute Gasteiger partial charge is 0.466 e. The summed E-state index contributed by atoms with van der Waals surface area (Å²) in [5, 5.41) is 23.4. The number of unbranched alkanes of at least 4 members (excludes halogenated alkanes) is 52. The molecule has 0 bridgehead atoms. The third-order valence-electron chi connectivity index (χ3n) is 16.7. The van der Waals surface area contributed by atoms with Crippen LogP contribution in [0.5, 0.6) is 0 Å². The van der Waals surface area contributed by atoms with E-state index in [1.54, 1.807) is 0 Å². The molecule has 6 heteroatoms. The number of carbonyl (C=O) groups excluding carboxylic acids is 2. The van der Waals surface area contributed by atoms with E-state index in [0.717, 1.165) is 44.9 Å². The van der Waals surface area contributed by atoms with E-state index in [-0.39, 0.29) is 18.5 Å². The van der Waals surface area contributed by atoms with Crippen molar-refractivity contribution in [1.29, 1.82) is 0 Å². The Balaban J connectivity index is 3.42. The monoisotopic (exact) mass is 1100 g/mol. The van der Waals surface area contributed by atoms with Crippen LogP contribution in [0.25, 0.3) is 0 Å². The summed E-state index contributed by atoms with van der Waals surface area (Å²) in [6.45, 7) is 4.98. The third-order valence-corrected chi connectivity index (χ3v) is 16.7. The summed E-state index contributed by atoms with van der Waals surface area (Å²) in [7, 11) is 0. The second-order valence-corrected chi connectivity index (χ2v) is 24.6. The van der Waals surface area contributed by atoms with E-state index in [0.29, 0.717) is 25.9 Å². The number of esters is 1. The van der Waals surface area contributed by atoms with Gasteiger partial charge in [-0.15, -0.1) is 0 Å². The molecule has 0 heterocycles. The van der Waals surface area contributed by atoms with Crippen LogP contribution in [-0.2, 0) is 14.3 Å². The molecule has 0 aliphatic rings. The Hall–Kier alpha value is -1.66. The molecule has 0 aromatic rings. The maximum absolute atomic E-state index is 12.6. The van der Waals surface area contributed by atoms with E-state index >= 15 is 0 Å². The van der Waals surface area contributed by atoms with Gasteiger partial charge in [0.15, 0.2) is 0 Å². The van der Waals surface area contributed by atoms with Gasteiger partial charge in [0.25, 0.3) is 0 Å². The fraction of sp³-hybridized carbons (Fsp3) is 0.917. The molecule has 3 N–H and O–H groups in total. The summed E-state index contributed by atoms with van der Waals surface area (Å²) in [5.74, 6) is -0.0350. The Kier molecular flexibility index (Phi) is 66.4. The normalized spacial score (nSPS) is 12.6. The summed E-state index contributed by atoms with van der Waals surface area (Å²) < 4.78 is 5.49. The van der Waals surface area contributed by atoms with Gasteiger partial charge in [-0.2, -0.15) is 0 Å². The van der Waals surface area contributed by atoms with Crippen LogP contribution in [-0.4, -0.2) is 47.4 Å². The zero-order valence-electron chi connectivity index (χ0n) is 52.9. The summed E-state index contributed by atoms with van der Waals surface area (Å²) >= 11 is 0. The van der Waals surface area contributed by atoms with Crippen LogP contribution in [0.3, 0.4) is 0 Å². The Labute approximate surface area is 488 Å². The lowest BCUT2D eigenvalue weighted by Crippen LogP contribution is -2.45. The van der Waals surface area contributed by atoms with Gasteiger partial charge in [0.05, 0.1) is 25.4 Å². The van der Waals surface area contributed by atoms with Crippen molar-refractivity contribution in [3.63, 3.8) is 0 Å². The maximum Gasteiger partial charge on any atom is 0.305 e. The standard InChI is InChI=1S/C72H139NO5/c1-3-5-7-9-11-13-15-17-19-21-22-23-24-25-26-29-33-36-40-44-48-52-56-60-64-70(75)69(68-74)73-71(76)65-61-57-53-49-45-41-37-34-30-27-28-31-35-39-43-47-51-55-59-63-67-78-72(77)66-62-58-54-50-46-42-38-32-20-18-16-14-12-10-8-6-4-2/h18,20,27,30,69-70,74-75H,3-17,19,21-26,28-29,31-68H2,1-2H3,(H,73,76)/b20-18-,30-27-. The molecule has 0 rings (SSSR count). The maximum atomic E-state index is 12.6. The number of nitrogens with one attached hydrogen (secondary N) is 1. The quantitative estimate of drug-likeness (QED) is 0.0320. The van der Waals surface area contributed by atoms with Gasteiger partial charge in [-0.25, -0.2) is 0 Å². The molecule has 0 aromatic carbocycles. The molecule has 0 spiro atoms. The highest BCUT2D eigenvalue weighted by Gasteiger charge is 2.20. The summed E-state index contributed by atoms with van der Waals surface area (Å²) in [5.41, 5.74) is 0. The van der Waals surface area contributed by atoms with Gasteiger partial charge < -0.3 is 20.3 Å². The summed E-state index contributed by atoms with van der Waals surface area (Å²) in [4.78, 5) is 24.6. The second-order valence-electron chi connectivity index (χ2n) is 24.6. The van der Waals surface area contributed by atoms with Crippen LogP contribution in [0.2, 0.25) is 0 Å². The molecule has 6 nitrogen and oxygen atoms in total. The fourth-order valence-corrected chi connectivity index (χ4v) is 11.3. The van der Waals surface area contributed by atoms with Crippen LogP contribution >= 0.6 is 0 Å². The molecule has 0 saturated heterocycles. The lowest BCUT2D eigenvalue weighted by atomic mass is 10.0. The predicted molar refractivity (Wildman–Crippen MR) is 343 cm³/mol. The van der Waals surface area contributed by atoms with E-state index in [4.69, 9.17) is 4.74 Å². The van der Waals surface area contributed by atoms with Crippen LogP contribution in [0.15, 0.2) is 24.3 Å². The first-order valence-corrected chi connectivity index (χ1v) is 35.6. The van der Waals surface area contributed by atoms with Gasteiger partial charge in [-0.1, -0.05) is 334 Å². The minimum atomic E-state index is -0.672. The summed E-state index contributed by atoms with van der Waals surface area (Å²) in [6, 6.07) is -0.549. The molecule has 1 amide bonds. The van der Waals surface area contributed by atoms with Crippen molar-refractivity contribution in [3.05, 3.63) is 24.3 Å². The van der Waals surface area contributed by atoms with Crippen molar-refractivity contribution in [2.45, 2.75) is 411 Å². The lowest BCUT2D eigenvalue weighted by molar-refractivity contribution is -0.143. The first-order valence-electron chi connectivity index (χ1n) is 35.6. The number of aliphatic hydroxyl groups excluding tert-OH is 2. The van der Waals surface area contributed by atoms with Crippen LogP contribution in [0, 0.1) is 0 Å². The zero-order valence-corrected chi connectivity index (χ0v) is 52.9. The fourth-order valence-electron chi connectivity index (χ4n) is 11.3. The SMILES string of the molecule is CCCCCCCC/C=C\CCCCCCCCCC(=O)OCCCCCCCCCCC/C=C\CCCCCCCCCC(=O)NC(CO)C(O)CCCCCCCCCCCCCCCCCCCCCCCCCC. The molecule has 0 fully saturated rings. The Morgan fingerprint density at radius 3 is 0.910 bits per heavy atom. The van der Waals surface area contributed by atoms with Crippen LogP contribution < -0.4 is 5.32 Å². The average Bonchev–Trinajstić information content (AvgIpc) is 3.44. The molecule has 0 aliphatic heterocycles. The number of hydrogen-bond donors (Lipinski definition) is 3. The zero-order chi connectivity index (χ0) is 56.4. The molecule has 2 unspecified atom stereocenters. The molecule has 462 valence electrons. The predicted octanol–water partition coefficient (Wildman–Crippen LogP) is 22.9. The van der Waals surface area contributed by atoms with Gasteiger partial charge in [-0.3, -0.25) is 9.59 Å². The molecule has 0 aliphatic carbocycles. The minimum Gasteiger partial charge on any atom is -0.466 e. The molecule has 78 heavy (non-hydrogen) atoms. The van der Waals surface area contributed by atoms with E-state index in [2.05, 4.69) is 43.5 Å². The average molecular weight is 1100 g/mol. The molecule has 2 atom stereocenters. The van der Waals surface area contributed by atoms with Crippen molar-refractivity contribution in [3.8, 4) is 0 Å². The van der Waals surface area contributed by atoms with Gasteiger partial charge in [0.2, 0.25) is 5.91 Å². The Morgan fingerprint density at radius 1 is 0.346 bits per heavy atom. The highest BCUT2D eigenvalue weighted by molar-refractivity contribution is 5.76. The van der Waals surface area contributed by atoms with Gasteiger partial charge in [0.1, 0.15) is 0 Å². The van der Waals surface area contributed by atoms with Gasteiger partial charge in [-0.05, 0) is 77.0 Å². The minimum absolute atomic E-state index is 0.00404. The number of rotatable bonds is 67. The summed E-state index contributed by atoms with van der Waals surface area (Å²) in [6.07, 6.45) is 85.0. The molecule has 0 saturated carbocycles. The first kappa shape index (κ1) is 76.3. The van der Waals surface area contributed by atoms with Gasteiger partial charge in [0, 0.05) is 12.8 Å². The topological polar surface area (TPSA) is 95.9 Å². The smallest absolute Gasteiger partial charge is 0.305 e. The number of amides is 1. The number of hydrogen-bond acceptors (Lipinski definition) is 5.